The fourth-order valence-corrected chi connectivity index (χ4v) is 4.29. The van der Waals surface area contributed by atoms with E-state index in [0.717, 1.165) is 29.7 Å². The highest BCUT2D eigenvalue weighted by atomic mass is 32.1. The van der Waals surface area contributed by atoms with Gasteiger partial charge in [0.1, 0.15) is 5.00 Å². The minimum atomic E-state index is -0.727. The number of fused-ring (bicyclic) bond motifs is 1. The second kappa shape index (κ2) is 7.10. The van der Waals surface area contributed by atoms with E-state index < -0.39 is 24.4 Å². The van der Waals surface area contributed by atoms with Crippen molar-refractivity contribution in [3.8, 4) is 0 Å². The minimum Gasteiger partial charge on any atom is -0.457 e. The van der Waals surface area contributed by atoms with Gasteiger partial charge in [-0.15, -0.1) is 11.3 Å². The molecule has 0 saturated heterocycles. The van der Waals surface area contributed by atoms with E-state index in [4.69, 9.17) is 14.9 Å². The number of amides is 2. The number of carbonyl (C=O) groups excluding carboxylic acids is 3. The van der Waals surface area contributed by atoms with Crippen molar-refractivity contribution < 1.29 is 23.5 Å². The molecule has 2 amide bonds. The van der Waals surface area contributed by atoms with Crippen molar-refractivity contribution >= 4 is 34.1 Å². The quantitative estimate of drug-likeness (QED) is 0.793. The second-order valence-electron chi connectivity index (χ2n) is 6.02. The van der Waals surface area contributed by atoms with E-state index in [1.165, 1.54) is 23.7 Å². The molecule has 0 radical (unpaired) electrons. The average Bonchev–Trinajstić information content (AvgIpc) is 3.19. The van der Waals surface area contributed by atoms with E-state index in [1.54, 1.807) is 6.07 Å². The van der Waals surface area contributed by atoms with E-state index in [9.17, 15) is 14.4 Å². The summed E-state index contributed by atoms with van der Waals surface area (Å²) in [4.78, 5) is 36.6. The maximum Gasteiger partial charge on any atom is 0.374 e. The Morgan fingerprint density at radius 2 is 2.24 bits per heavy atom. The number of rotatable bonds is 5. The molecule has 1 aliphatic rings. The van der Waals surface area contributed by atoms with Crippen LogP contribution in [0.2, 0.25) is 0 Å². The smallest absolute Gasteiger partial charge is 0.374 e. The van der Waals surface area contributed by atoms with Gasteiger partial charge in [0.2, 0.25) is 5.76 Å². The van der Waals surface area contributed by atoms with Crippen molar-refractivity contribution in [3.63, 3.8) is 0 Å². The Kier molecular flexibility index (Phi) is 4.89. The van der Waals surface area contributed by atoms with Gasteiger partial charge in [0.05, 0.1) is 11.8 Å². The number of hydrogen-bond acceptors (Lipinski definition) is 6. The van der Waals surface area contributed by atoms with E-state index in [2.05, 4.69) is 12.2 Å². The number of furan rings is 1. The van der Waals surface area contributed by atoms with Gasteiger partial charge in [-0.3, -0.25) is 9.59 Å². The first-order valence-electron chi connectivity index (χ1n) is 7.90. The molecule has 0 bridgehead atoms. The molecule has 25 heavy (non-hydrogen) atoms. The van der Waals surface area contributed by atoms with Gasteiger partial charge in [-0.25, -0.2) is 4.79 Å². The Morgan fingerprint density at radius 1 is 1.44 bits per heavy atom. The molecule has 0 saturated carbocycles. The third kappa shape index (κ3) is 3.74. The lowest BCUT2D eigenvalue weighted by atomic mass is 9.88. The molecule has 0 fully saturated rings. The van der Waals surface area contributed by atoms with Crippen LogP contribution in [0.4, 0.5) is 5.00 Å². The van der Waals surface area contributed by atoms with Crippen molar-refractivity contribution in [1.82, 2.24) is 0 Å². The second-order valence-corrected chi connectivity index (χ2v) is 7.13. The van der Waals surface area contributed by atoms with E-state index in [1.807, 2.05) is 0 Å². The lowest BCUT2D eigenvalue weighted by molar-refractivity contribution is -0.119. The standard InChI is InChI=1S/C17H18N2O5S/c1-9-4-5-10-12(7-9)25-16(14(10)15(18)21)19-13(20)8-24-17(22)11-3-2-6-23-11/h2-3,6,9H,4-5,7-8H2,1H3,(H2,18,21)(H,19,20)/t9-/m1/s1. The monoisotopic (exact) mass is 362 g/mol. The molecule has 2 heterocycles. The molecule has 0 aliphatic heterocycles. The van der Waals surface area contributed by atoms with Crippen molar-refractivity contribution in [2.45, 2.75) is 26.2 Å². The van der Waals surface area contributed by atoms with Crippen LogP contribution in [0.3, 0.4) is 0 Å². The largest absolute Gasteiger partial charge is 0.457 e. The molecular weight excluding hydrogens is 344 g/mol. The van der Waals surface area contributed by atoms with Crippen molar-refractivity contribution in [3.05, 3.63) is 40.2 Å². The van der Waals surface area contributed by atoms with Gasteiger partial charge in [0, 0.05) is 4.88 Å². The highest BCUT2D eigenvalue weighted by Crippen LogP contribution is 2.39. The normalized spacial score (nSPS) is 16.1. The highest BCUT2D eigenvalue weighted by Gasteiger charge is 2.27. The van der Waals surface area contributed by atoms with Crippen molar-refractivity contribution in [1.29, 1.82) is 0 Å². The molecule has 3 rings (SSSR count). The summed E-state index contributed by atoms with van der Waals surface area (Å²) in [6.45, 7) is 1.68. The van der Waals surface area contributed by atoms with Crippen LogP contribution in [0.1, 0.15) is 44.7 Å². The number of anilines is 1. The maximum absolute atomic E-state index is 12.1. The Bertz CT molecular complexity index is 809. The maximum atomic E-state index is 12.1. The van der Waals surface area contributed by atoms with Gasteiger partial charge >= 0.3 is 5.97 Å². The SMILES string of the molecule is C[C@@H]1CCc2c(sc(NC(=O)COC(=O)c3ccco3)c2C(N)=O)C1. The average molecular weight is 362 g/mol. The van der Waals surface area contributed by atoms with Crippen LogP contribution in [0.25, 0.3) is 0 Å². The van der Waals surface area contributed by atoms with Gasteiger partial charge < -0.3 is 20.2 Å². The van der Waals surface area contributed by atoms with Crippen molar-refractivity contribution in [2.75, 3.05) is 11.9 Å². The fraction of sp³-hybridized carbons (Fsp3) is 0.353. The van der Waals surface area contributed by atoms with E-state index >= 15 is 0 Å². The third-order valence-corrected chi connectivity index (χ3v) is 5.24. The van der Waals surface area contributed by atoms with Gasteiger partial charge in [-0.05, 0) is 42.9 Å². The third-order valence-electron chi connectivity index (χ3n) is 4.07. The number of nitrogens with two attached hydrogens (primary N) is 1. The summed E-state index contributed by atoms with van der Waals surface area (Å²) in [7, 11) is 0. The number of hydrogen-bond donors (Lipinski definition) is 2. The fourth-order valence-electron chi connectivity index (χ4n) is 2.86. The van der Waals surface area contributed by atoms with Crippen LogP contribution in [0.5, 0.6) is 0 Å². The zero-order valence-electron chi connectivity index (χ0n) is 13.7. The lowest BCUT2D eigenvalue weighted by Gasteiger charge is -2.18. The van der Waals surface area contributed by atoms with Crippen LogP contribution in [0, 0.1) is 5.92 Å². The summed E-state index contributed by atoms with van der Waals surface area (Å²) in [5.41, 5.74) is 6.80. The van der Waals surface area contributed by atoms with Crippen LogP contribution >= 0.6 is 11.3 Å². The van der Waals surface area contributed by atoms with Gasteiger partial charge in [0.25, 0.3) is 11.8 Å². The number of carbonyl (C=O) groups is 3. The first-order valence-corrected chi connectivity index (χ1v) is 8.72. The van der Waals surface area contributed by atoms with Crippen LogP contribution < -0.4 is 11.1 Å². The van der Waals surface area contributed by atoms with Crippen LogP contribution in [-0.4, -0.2) is 24.4 Å². The number of ether oxygens (including phenoxy) is 1. The van der Waals surface area contributed by atoms with Crippen LogP contribution in [-0.2, 0) is 22.4 Å². The molecule has 0 aromatic carbocycles. The van der Waals surface area contributed by atoms with Crippen molar-refractivity contribution in [2.24, 2.45) is 11.7 Å². The molecular formula is C17H18N2O5S. The molecule has 0 spiro atoms. The summed E-state index contributed by atoms with van der Waals surface area (Å²) in [6.07, 6.45) is 3.96. The lowest BCUT2D eigenvalue weighted by Crippen LogP contribution is -2.23. The predicted octanol–water partition coefficient (Wildman–Crippen LogP) is 2.36. The molecule has 2 aromatic rings. The Morgan fingerprint density at radius 3 is 2.92 bits per heavy atom. The molecule has 7 nitrogen and oxygen atoms in total. The Balaban J connectivity index is 1.69. The summed E-state index contributed by atoms with van der Waals surface area (Å²) >= 11 is 1.36. The van der Waals surface area contributed by atoms with Gasteiger partial charge in [-0.2, -0.15) is 0 Å². The zero-order chi connectivity index (χ0) is 18.0. The molecule has 1 aliphatic carbocycles. The first-order chi connectivity index (χ1) is 12.0. The van der Waals surface area contributed by atoms with Crippen LogP contribution in [0.15, 0.2) is 22.8 Å². The van der Waals surface area contributed by atoms with Gasteiger partial charge in [-0.1, -0.05) is 6.92 Å². The Hall–Kier alpha value is -2.61. The van der Waals surface area contributed by atoms with Gasteiger partial charge in [0.15, 0.2) is 6.61 Å². The number of primary amides is 1. The van der Waals surface area contributed by atoms with E-state index in [-0.39, 0.29) is 5.76 Å². The molecule has 2 aromatic heterocycles. The minimum absolute atomic E-state index is 0.0196. The molecule has 0 unspecified atom stereocenters. The highest BCUT2D eigenvalue weighted by molar-refractivity contribution is 7.17. The topological polar surface area (TPSA) is 112 Å². The number of thiophene rings is 1. The number of nitrogens with one attached hydrogen (secondary N) is 1. The summed E-state index contributed by atoms with van der Waals surface area (Å²) < 4.78 is 9.78. The summed E-state index contributed by atoms with van der Waals surface area (Å²) in [6, 6.07) is 2.99. The molecule has 132 valence electrons. The van der Waals surface area contributed by atoms with E-state index in [0.29, 0.717) is 16.5 Å². The Labute approximate surface area is 148 Å². The number of esters is 1. The molecule has 1 atom stereocenters. The molecule has 3 N–H and O–H groups in total. The summed E-state index contributed by atoms with van der Waals surface area (Å²) in [5.74, 6) is -1.27. The molecule has 8 heteroatoms. The summed E-state index contributed by atoms with van der Waals surface area (Å²) in [5, 5.41) is 3.06. The predicted molar refractivity (Wildman–Crippen MR) is 91.6 cm³/mol. The zero-order valence-corrected chi connectivity index (χ0v) is 14.5. The first kappa shape index (κ1) is 17.2.